The van der Waals surface area contributed by atoms with E-state index in [1.54, 1.807) is 6.92 Å². The maximum absolute atomic E-state index is 17.4. The number of piperidine rings is 1. The van der Waals surface area contributed by atoms with E-state index in [0.29, 0.717) is 30.5 Å². The number of pyridine rings is 1. The van der Waals surface area contributed by atoms with Crippen LogP contribution in [-0.2, 0) is 9.47 Å². The van der Waals surface area contributed by atoms with Gasteiger partial charge in [0.25, 0.3) is 0 Å². The fourth-order valence-corrected chi connectivity index (χ4v) is 10.9. The number of ether oxygens (including phenoxy) is 4. The van der Waals surface area contributed by atoms with Crippen molar-refractivity contribution in [3.8, 4) is 41.2 Å². The summed E-state index contributed by atoms with van der Waals surface area (Å²) in [5, 5.41) is 22.8. The number of halogens is 2. The third-order valence-corrected chi connectivity index (χ3v) is 12.6. The third-order valence-electron chi connectivity index (χ3n) is 12.6. The number of likely N-dealkylation sites (tertiary alicyclic amines) is 1. The maximum Gasteiger partial charge on any atom is 0.319 e. The molecule has 0 radical (unpaired) electrons. The van der Waals surface area contributed by atoms with Gasteiger partial charge in [0.15, 0.2) is 5.82 Å². The zero-order chi connectivity index (χ0) is 41.2. The third kappa shape index (κ3) is 7.65. The second kappa shape index (κ2) is 15.0. The Labute approximate surface area is 339 Å². The molecule has 8 rings (SSSR count). The van der Waals surface area contributed by atoms with Crippen molar-refractivity contribution >= 4 is 27.5 Å². The first-order valence-corrected chi connectivity index (χ1v) is 20.5. The van der Waals surface area contributed by atoms with Crippen molar-refractivity contribution in [1.29, 1.82) is 0 Å². The predicted octanol–water partition coefficient (Wildman–Crippen LogP) is 7.40. The highest BCUT2D eigenvalue weighted by Crippen LogP contribution is 2.50. The van der Waals surface area contributed by atoms with Crippen molar-refractivity contribution in [1.82, 2.24) is 19.9 Å². The SMILES string of the molecule is C#Cc1c(F)ccc2cc(O)cc(-c3nc(OC)c4c(N5CCOC[C@@](C)(O)C5)nc(OC[C@]56CCC[C@H]5N(CC5CC(C)(C)OC(C)(C)C5)CCC6)nc4c3F)c12. The van der Waals surface area contributed by atoms with Crippen LogP contribution >= 0.6 is 0 Å². The van der Waals surface area contributed by atoms with Gasteiger partial charge in [0.2, 0.25) is 5.88 Å². The molecule has 3 aliphatic heterocycles. The normalized spacial score (nSPS) is 26.3. The Morgan fingerprint density at radius 2 is 1.76 bits per heavy atom. The quantitative estimate of drug-likeness (QED) is 0.174. The molecule has 2 N–H and O–H groups in total. The van der Waals surface area contributed by atoms with Crippen LogP contribution in [0, 0.1) is 35.3 Å². The van der Waals surface area contributed by atoms with Crippen molar-refractivity contribution in [2.24, 2.45) is 11.3 Å². The molecule has 0 unspecified atom stereocenters. The summed E-state index contributed by atoms with van der Waals surface area (Å²) in [5.74, 6) is 1.45. The summed E-state index contributed by atoms with van der Waals surface area (Å²) in [6, 6.07) is 5.72. The summed E-state index contributed by atoms with van der Waals surface area (Å²) < 4.78 is 57.2. The zero-order valence-electron chi connectivity index (χ0n) is 34.5. The molecule has 5 heterocycles. The van der Waals surface area contributed by atoms with Crippen molar-refractivity contribution in [3.05, 3.63) is 41.5 Å². The minimum absolute atomic E-state index is 0.00949. The monoisotopic (exact) mass is 799 g/mol. The van der Waals surface area contributed by atoms with E-state index in [-0.39, 0.29) is 92.9 Å². The number of nitrogens with zero attached hydrogens (tertiary/aromatic N) is 5. The number of β-amino-alcohol motifs (C(OH)–C–C–N with tert-alkyl or cyclic N) is 1. The van der Waals surface area contributed by atoms with E-state index in [9.17, 15) is 10.2 Å². The highest BCUT2D eigenvalue weighted by atomic mass is 19.1. The van der Waals surface area contributed by atoms with Crippen molar-refractivity contribution in [2.45, 2.75) is 102 Å². The van der Waals surface area contributed by atoms with Crippen molar-refractivity contribution < 1.29 is 37.9 Å². The molecule has 58 heavy (non-hydrogen) atoms. The Balaban J connectivity index is 1.21. The van der Waals surface area contributed by atoms with E-state index in [4.69, 9.17) is 35.3 Å². The Morgan fingerprint density at radius 3 is 2.50 bits per heavy atom. The van der Waals surface area contributed by atoms with E-state index in [1.165, 1.54) is 31.4 Å². The van der Waals surface area contributed by atoms with Crippen LogP contribution in [0.1, 0.15) is 85.1 Å². The Bertz CT molecular complexity index is 2260. The summed E-state index contributed by atoms with van der Waals surface area (Å²) >= 11 is 0. The fraction of sp³-hybridized carbons (Fsp3) is 0.578. The molecule has 0 amide bonds. The Hall–Kier alpha value is -4.35. The molecule has 4 aromatic rings. The van der Waals surface area contributed by atoms with Gasteiger partial charge in [-0.1, -0.05) is 18.4 Å². The van der Waals surface area contributed by atoms with Gasteiger partial charge < -0.3 is 34.1 Å². The first kappa shape index (κ1) is 40.4. The number of methoxy groups -OCH3 is 1. The van der Waals surface area contributed by atoms with E-state index >= 15 is 8.78 Å². The topological polar surface area (TPSA) is 123 Å². The van der Waals surface area contributed by atoms with Crippen LogP contribution in [0.15, 0.2) is 24.3 Å². The number of terminal acetylenes is 1. The smallest absolute Gasteiger partial charge is 0.319 e. The second-order valence-corrected chi connectivity index (χ2v) is 18.5. The summed E-state index contributed by atoms with van der Waals surface area (Å²) in [6.45, 7) is 13.7. The summed E-state index contributed by atoms with van der Waals surface area (Å²) in [4.78, 5) is 18.8. The van der Waals surface area contributed by atoms with Gasteiger partial charge in [-0.15, -0.1) is 6.42 Å². The Kier molecular flexibility index (Phi) is 10.5. The first-order chi connectivity index (χ1) is 27.5. The van der Waals surface area contributed by atoms with Gasteiger partial charge in [0.05, 0.1) is 50.2 Å². The fourth-order valence-electron chi connectivity index (χ4n) is 10.9. The van der Waals surface area contributed by atoms with E-state index in [2.05, 4.69) is 43.5 Å². The molecule has 310 valence electrons. The van der Waals surface area contributed by atoms with Gasteiger partial charge in [-0.2, -0.15) is 9.97 Å². The van der Waals surface area contributed by atoms with Crippen LogP contribution in [0.25, 0.3) is 32.9 Å². The number of aromatic hydroxyl groups is 1. The van der Waals surface area contributed by atoms with Crippen LogP contribution < -0.4 is 14.4 Å². The number of hydrogen-bond donors (Lipinski definition) is 2. The predicted molar refractivity (Wildman–Crippen MR) is 218 cm³/mol. The van der Waals surface area contributed by atoms with Gasteiger partial charge in [-0.25, -0.2) is 13.8 Å². The van der Waals surface area contributed by atoms with Crippen molar-refractivity contribution in [2.75, 3.05) is 58.0 Å². The first-order valence-electron chi connectivity index (χ1n) is 20.5. The van der Waals surface area contributed by atoms with E-state index in [0.717, 1.165) is 58.0 Å². The number of aliphatic hydroxyl groups is 1. The number of fused-ring (bicyclic) bond motifs is 3. The average Bonchev–Trinajstić information content (AvgIpc) is 3.50. The lowest BCUT2D eigenvalue weighted by molar-refractivity contribution is -0.176. The van der Waals surface area contributed by atoms with Gasteiger partial charge in [0.1, 0.15) is 39.6 Å². The molecule has 0 spiro atoms. The molecule has 4 fully saturated rings. The molecule has 2 aromatic carbocycles. The summed E-state index contributed by atoms with van der Waals surface area (Å²) in [7, 11) is 1.41. The number of rotatable bonds is 8. The molecule has 1 saturated carbocycles. The minimum Gasteiger partial charge on any atom is -0.508 e. The van der Waals surface area contributed by atoms with Crippen molar-refractivity contribution in [3.63, 3.8) is 0 Å². The number of benzene rings is 2. The number of phenols is 1. The molecule has 2 aromatic heterocycles. The summed E-state index contributed by atoms with van der Waals surface area (Å²) in [6.07, 6.45) is 13.0. The molecular weight excluding hydrogens is 745 g/mol. The second-order valence-electron chi connectivity index (χ2n) is 18.5. The van der Waals surface area contributed by atoms with Crippen LogP contribution in [0.3, 0.4) is 0 Å². The standard InChI is InChI=1S/C45H55F2N5O6/c1-8-30-32(46)13-12-28-19-29(53)20-31(34(28)30)37-36(47)38-35(40(48-37)55-7)39(52-17-18-56-25-44(6,54)24-52)50-41(49-38)57-26-45-14-9-11-33(45)51(16-10-15-45)23-27-21-42(2,3)58-43(4,5)22-27/h1,12-13,19-20,27,33,53-54H,9-11,14-18,21-26H2,2-7H3/t33-,44+,45-/m1/s1. The Morgan fingerprint density at radius 1 is 1.00 bits per heavy atom. The van der Waals surface area contributed by atoms with Crippen LogP contribution in [0.2, 0.25) is 0 Å². The van der Waals surface area contributed by atoms with Gasteiger partial charge in [0, 0.05) is 35.5 Å². The van der Waals surface area contributed by atoms with Crippen LogP contribution in [0.4, 0.5) is 14.6 Å². The van der Waals surface area contributed by atoms with Gasteiger partial charge in [-0.05, 0) is 109 Å². The maximum atomic E-state index is 17.4. The number of hydrogen-bond acceptors (Lipinski definition) is 11. The molecular formula is C45H55F2N5O6. The number of aromatic nitrogens is 3. The zero-order valence-corrected chi connectivity index (χ0v) is 34.5. The number of phenolic OH excluding ortho intramolecular Hbond substituents is 1. The van der Waals surface area contributed by atoms with Gasteiger partial charge in [-0.3, -0.25) is 4.90 Å². The average molecular weight is 800 g/mol. The van der Waals surface area contributed by atoms with Gasteiger partial charge >= 0.3 is 6.01 Å². The molecule has 1 aliphatic carbocycles. The van der Waals surface area contributed by atoms with Crippen LogP contribution in [0.5, 0.6) is 17.6 Å². The molecule has 3 saturated heterocycles. The highest BCUT2D eigenvalue weighted by Gasteiger charge is 2.50. The largest absolute Gasteiger partial charge is 0.508 e. The lowest BCUT2D eigenvalue weighted by Crippen LogP contribution is -2.55. The number of anilines is 1. The highest BCUT2D eigenvalue weighted by molar-refractivity contribution is 6.04. The van der Waals surface area contributed by atoms with Crippen LogP contribution in [-0.4, -0.2) is 106 Å². The van der Waals surface area contributed by atoms with E-state index < -0.39 is 17.2 Å². The minimum atomic E-state index is -1.25. The molecule has 3 atom stereocenters. The van der Waals surface area contributed by atoms with E-state index in [1.807, 2.05) is 4.90 Å². The lowest BCUT2D eigenvalue weighted by atomic mass is 9.74. The molecule has 13 heteroatoms. The lowest BCUT2D eigenvalue weighted by Gasteiger charge is -2.50. The molecule has 0 bridgehead atoms. The molecule has 4 aliphatic rings. The molecule has 11 nitrogen and oxygen atoms in total. The summed E-state index contributed by atoms with van der Waals surface area (Å²) in [5.41, 5.74) is -2.16.